The van der Waals surface area contributed by atoms with Crippen LogP contribution in [0.15, 0.2) is 0 Å². The first kappa shape index (κ1) is 15.3. The molecular weight excluding hydrogens is 298 g/mol. The zero-order valence-electron chi connectivity index (χ0n) is 13.3. The third-order valence-electron chi connectivity index (χ3n) is 5.84. The highest BCUT2D eigenvalue weighted by atomic mass is 32.2. The lowest BCUT2D eigenvalue weighted by atomic mass is 9.82. The fourth-order valence-corrected chi connectivity index (χ4v) is 5.23. The molecule has 124 valence electrons. The Balaban J connectivity index is 1.36. The number of ether oxygens (including phenoxy) is 2. The van der Waals surface area contributed by atoms with E-state index in [1.807, 2.05) is 11.8 Å². The Morgan fingerprint density at radius 2 is 2.09 bits per heavy atom. The zero-order valence-corrected chi connectivity index (χ0v) is 14.1. The maximum atomic E-state index is 12.8. The molecule has 1 saturated carbocycles. The topological polar surface area (TPSA) is 38.8 Å². The van der Waals surface area contributed by atoms with Gasteiger partial charge in [-0.25, -0.2) is 0 Å². The van der Waals surface area contributed by atoms with Gasteiger partial charge in [-0.2, -0.15) is 11.8 Å². The number of rotatable bonds is 5. The lowest BCUT2D eigenvalue weighted by Gasteiger charge is -2.29. The van der Waals surface area contributed by atoms with Gasteiger partial charge in [0.25, 0.3) is 0 Å². The molecule has 22 heavy (non-hydrogen) atoms. The van der Waals surface area contributed by atoms with Crippen molar-refractivity contribution in [1.29, 1.82) is 0 Å². The minimum absolute atomic E-state index is 0.0773. The second-order valence-electron chi connectivity index (χ2n) is 7.64. The van der Waals surface area contributed by atoms with E-state index in [0.717, 1.165) is 69.8 Å². The molecule has 3 saturated heterocycles. The minimum Gasteiger partial charge on any atom is -0.380 e. The lowest BCUT2D eigenvalue weighted by molar-refractivity contribution is -0.135. The van der Waals surface area contributed by atoms with Crippen molar-refractivity contribution in [2.75, 3.05) is 51.0 Å². The summed E-state index contributed by atoms with van der Waals surface area (Å²) >= 11 is 1.98. The van der Waals surface area contributed by atoms with Gasteiger partial charge in [-0.05, 0) is 43.1 Å². The van der Waals surface area contributed by atoms with Crippen LogP contribution in [0.25, 0.3) is 0 Å². The third-order valence-corrected chi connectivity index (χ3v) is 6.89. The van der Waals surface area contributed by atoms with Crippen molar-refractivity contribution in [1.82, 2.24) is 4.90 Å². The Kier molecular flexibility index (Phi) is 4.39. The van der Waals surface area contributed by atoms with Crippen LogP contribution in [-0.2, 0) is 14.3 Å². The monoisotopic (exact) mass is 325 g/mol. The summed E-state index contributed by atoms with van der Waals surface area (Å²) < 4.78 is 11.7. The number of fused-ring (bicyclic) bond motifs is 1. The first-order valence-corrected chi connectivity index (χ1v) is 9.94. The number of hydrogen-bond acceptors (Lipinski definition) is 4. The molecule has 3 aliphatic heterocycles. The van der Waals surface area contributed by atoms with Crippen molar-refractivity contribution >= 4 is 17.7 Å². The van der Waals surface area contributed by atoms with Gasteiger partial charge in [0.1, 0.15) is 0 Å². The molecule has 2 atom stereocenters. The fraction of sp³-hybridized carbons (Fsp3) is 0.941. The van der Waals surface area contributed by atoms with Gasteiger partial charge in [-0.1, -0.05) is 0 Å². The van der Waals surface area contributed by atoms with E-state index in [1.165, 1.54) is 12.8 Å². The quantitative estimate of drug-likeness (QED) is 0.775. The molecule has 1 aliphatic carbocycles. The number of nitrogens with zero attached hydrogens (tertiary/aromatic N) is 1. The van der Waals surface area contributed by atoms with E-state index in [4.69, 9.17) is 9.47 Å². The van der Waals surface area contributed by atoms with Gasteiger partial charge in [0, 0.05) is 36.9 Å². The van der Waals surface area contributed by atoms with E-state index in [0.29, 0.717) is 11.8 Å². The average Bonchev–Trinajstić information content (AvgIpc) is 3.17. The van der Waals surface area contributed by atoms with E-state index in [1.54, 1.807) is 0 Å². The van der Waals surface area contributed by atoms with Crippen LogP contribution in [0, 0.1) is 23.2 Å². The summed E-state index contributed by atoms with van der Waals surface area (Å²) in [5.74, 6) is 4.24. The molecule has 0 aromatic rings. The third kappa shape index (κ3) is 3.04. The standard InChI is InChI=1S/C17H27NO3S/c19-16(14-3-5-22-6-4-14)18-7-15-9-21-12-17(15,10-18)11-20-8-13-1-2-13/h13-15H,1-12H2/t15-,17-/m0/s1. The largest absolute Gasteiger partial charge is 0.380 e. The molecule has 0 N–H and O–H groups in total. The van der Waals surface area contributed by atoms with E-state index < -0.39 is 0 Å². The van der Waals surface area contributed by atoms with Gasteiger partial charge >= 0.3 is 0 Å². The van der Waals surface area contributed by atoms with Crippen molar-refractivity contribution in [3.63, 3.8) is 0 Å². The number of likely N-dealkylation sites (tertiary alicyclic amines) is 1. The summed E-state index contributed by atoms with van der Waals surface area (Å²) in [6.45, 7) is 4.99. The summed E-state index contributed by atoms with van der Waals surface area (Å²) in [5.41, 5.74) is 0.0773. The van der Waals surface area contributed by atoms with Gasteiger partial charge in [0.2, 0.25) is 5.91 Å². The number of amides is 1. The van der Waals surface area contributed by atoms with Gasteiger partial charge < -0.3 is 14.4 Å². The van der Waals surface area contributed by atoms with Crippen LogP contribution in [0.2, 0.25) is 0 Å². The summed E-state index contributed by atoms with van der Waals surface area (Å²) in [4.78, 5) is 14.9. The van der Waals surface area contributed by atoms with Crippen LogP contribution in [0.5, 0.6) is 0 Å². The van der Waals surface area contributed by atoms with Gasteiger partial charge in [-0.3, -0.25) is 4.79 Å². The molecule has 0 bridgehead atoms. The molecule has 0 unspecified atom stereocenters. The highest BCUT2D eigenvalue weighted by Gasteiger charge is 2.52. The maximum absolute atomic E-state index is 12.8. The van der Waals surface area contributed by atoms with Crippen LogP contribution in [0.1, 0.15) is 25.7 Å². The first-order chi connectivity index (χ1) is 10.8. The highest BCUT2D eigenvalue weighted by Crippen LogP contribution is 2.43. The smallest absolute Gasteiger partial charge is 0.225 e. The molecule has 0 aromatic heterocycles. The van der Waals surface area contributed by atoms with E-state index in [2.05, 4.69) is 4.90 Å². The Hall–Kier alpha value is -0.260. The molecule has 4 fully saturated rings. The molecule has 0 aromatic carbocycles. The zero-order chi connectivity index (χ0) is 15.0. The van der Waals surface area contributed by atoms with Crippen LogP contribution < -0.4 is 0 Å². The second-order valence-corrected chi connectivity index (χ2v) is 8.86. The summed E-state index contributed by atoms with van der Waals surface area (Å²) in [6.07, 6.45) is 4.78. The van der Waals surface area contributed by atoms with Gasteiger partial charge in [0.05, 0.1) is 19.8 Å². The molecule has 4 aliphatic rings. The molecule has 4 rings (SSSR count). The lowest BCUT2D eigenvalue weighted by Crippen LogP contribution is -2.40. The predicted octanol–water partition coefficient (Wildman–Crippen LogP) is 2.03. The summed E-state index contributed by atoms with van der Waals surface area (Å²) in [7, 11) is 0. The summed E-state index contributed by atoms with van der Waals surface area (Å²) in [5, 5.41) is 0. The Labute approximate surface area is 137 Å². The van der Waals surface area contributed by atoms with Gasteiger partial charge in [-0.15, -0.1) is 0 Å². The van der Waals surface area contributed by atoms with Crippen molar-refractivity contribution in [3.8, 4) is 0 Å². The molecule has 4 nitrogen and oxygen atoms in total. The Morgan fingerprint density at radius 3 is 2.86 bits per heavy atom. The van der Waals surface area contributed by atoms with Gasteiger partial charge in [0.15, 0.2) is 0 Å². The van der Waals surface area contributed by atoms with Crippen LogP contribution >= 0.6 is 11.8 Å². The van der Waals surface area contributed by atoms with Crippen molar-refractivity contribution in [2.24, 2.45) is 23.2 Å². The van der Waals surface area contributed by atoms with E-state index >= 15 is 0 Å². The van der Waals surface area contributed by atoms with Crippen molar-refractivity contribution in [2.45, 2.75) is 25.7 Å². The van der Waals surface area contributed by atoms with E-state index in [9.17, 15) is 4.79 Å². The van der Waals surface area contributed by atoms with Crippen LogP contribution in [-0.4, -0.2) is 61.8 Å². The van der Waals surface area contributed by atoms with Crippen molar-refractivity contribution in [3.05, 3.63) is 0 Å². The normalized spacial score (nSPS) is 35.8. The van der Waals surface area contributed by atoms with E-state index in [-0.39, 0.29) is 11.3 Å². The highest BCUT2D eigenvalue weighted by molar-refractivity contribution is 7.99. The molecule has 0 spiro atoms. The Bertz CT molecular complexity index is 422. The van der Waals surface area contributed by atoms with Crippen LogP contribution in [0.3, 0.4) is 0 Å². The van der Waals surface area contributed by atoms with Crippen molar-refractivity contribution < 1.29 is 14.3 Å². The molecule has 0 radical (unpaired) electrons. The number of carbonyl (C=O) groups excluding carboxylic acids is 1. The number of hydrogen-bond donors (Lipinski definition) is 0. The average molecular weight is 325 g/mol. The van der Waals surface area contributed by atoms with Crippen LogP contribution in [0.4, 0.5) is 0 Å². The molecule has 3 heterocycles. The Morgan fingerprint density at radius 1 is 1.27 bits per heavy atom. The fourth-order valence-electron chi connectivity index (χ4n) is 4.12. The predicted molar refractivity (Wildman–Crippen MR) is 86.9 cm³/mol. The molecular formula is C17H27NO3S. The first-order valence-electron chi connectivity index (χ1n) is 8.79. The second kappa shape index (κ2) is 6.33. The molecule has 5 heteroatoms. The SMILES string of the molecule is O=C(C1CCSCC1)N1C[C@H]2COC[C@@]2(COCC2CC2)C1. The minimum atomic E-state index is 0.0773. The number of thioether (sulfide) groups is 1. The maximum Gasteiger partial charge on any atom is 0.225 e. The molecule has 1 amide bonds. The number of carbonyl (C=O) groups is 1. The summed E-state index contributed by atoms with van der Waals surface area (Å²) in [6, 6.07) is 0.